The molecule has 0 aromatic carbocycles. The SMILES string of the molecule is C=CC(O)[C@@H]1C(=O)N2[C@@H](C(=O)O)C(C)(C)S(=O)(=O)[C@H]12. The molecule has 1 amide bonds. The second-order valence-corrected chi connectivity index (χ2v) is 7.90. The Labute approximate surface area is 110 Å². The van der Waals surface area contributed by atoms with E-state index in [0.29, 0.717) is 0 Å². The van der Waals surface area contributed by atoms with Crippen LogP contribution in [0.3, 0.4) is 0 Å². The lowest BCUT2D eigenvalue weighted by atomic mass is 9.88. The van der Waals surface area contributed by atoms with Crippen LogP contribution in [0.2, 0.25) is 0 Å². The van der Waals surface area contributed by atoms with Crippen molar-refractivity contribution >= 4 is 21.7 Å². The van der Waals surface area contributed by atoms with Gasteiger partial charge in [0.2, 0.25) is 5.91 Å². The summed E-state index contributed by atoms with van der Waals surface area (Å²) in [5.74, 6) is -3.19. The molecule has 0 aromatic rings. The fraction of sp³-hybridized carbons (Fsp3) is 0.636. The summed E-state index contributed by atoms with van der Waals surface area (Å²) in [6.07, 6.45) is -0.219. The second-order valence-electron chi connectivity index (χ2n) is 5.28. The van der Waals surface area contributed by atoms with E-state index in [1.807, 2.05) is 0 Å². The number of hydrogen-bond donors (Lipinski definition) is 2. The van der Waals surface area contributed by atoms with Gasteiger partial charge in [0.15, 0.2) is 9.84 Å². The summed E-state index contributed by atoms with van der Waals surface area (Å²) in [4.78, 5) is 24.0. The van der Waals surface area contributed by atoms with Gasteiger partial charge >= 0.3 is 5.97 Å². The Balaban J connectivity index is 2.54. The maximum Gasteiger partial charge on any atom is 0.328 e. The molecule has 0 radical (unpaired) electrons. The number of carboxylic acid groups (broad SMARTS) is 1. The zero-order valence-electron chi connectivity index (χ0n) is 10.5. The highest BCUT2D eigenvalue weighted by Gasteiger charge is 2.72. The Morgan fingerprint density at radius 1 is 1.53 bits per heavy atom. The number of nitrogens with zero attached hydrogens (tertiary/aromatic N) is 1. The number of fused-ring (bicyclic) bond motifs is 1. The first-order valence-corrected chi connectivity index (χ1v) is 7.22. The van der Waals surface area contributed by atoms with Gasteiger partial charge in [-0.1, -0.05) is 6.08 Å². The summed E-state index contributed by atoms with van der Waals surface area (Å²) >= 11 is 0. The Morgan fingerprint density at radius 2 is 2.05 bits per heavy atom. The average Bonchev–Trinajstić information content (AvgIpc) is 2.43. The minimum absolute atomic E-state index is 0.668. The van der Waals surface area contributed by atoms with E-state index in [9.17, 15) is 23.1 Å². The number of aliphatic hydroxyl groups excluding tert-OH is 1. The largest absolute Gasteiger partial charge is 0.480 e. The van der Waals surface area contributed by atoms with E-state index in [2.05, 4.69) is 6.58 Å². The van der Waals surface area contributed by atoms with E-state index < -0.39 is 49.9 Å². The highest BCUT2D eigenvalue weighted by molar-refractivity contribution is 7.93. The molecule has 0 bridgehead atoms. The quantitative estimate of drug-likeness (QED) is 0.508. The number of rotatable bonds is 3. The van der Waals surface area contributed by atoms with Gasteiger partial charge in [-0.2, -0.15) is 0 Å². The lowest BCUT2D eigenvalue weighted by molar-refractivity contribution is -0.167. The lowest BCUT2D eigenvalue weighted by Crippen LogP contribution is -2.66. The maximum atomic E-state index is 12.4. The van der Waals surface area contributed by atoms with Crippen LogP contribution in [-0.4, -0.2) is 57.7 Å². The number of amides is 1. The third-order valence-corrected chi connectivity index (χ3v) is 6.80. The smallest absolute Gasteiger partial charge is 0.328 e. The third kappa shape index (κ3) is 1.44. The first-order valence-electron chi connectivity index (χ1n) is 5.68. The van der Waals surface area contributed by atoms with Gasteiger partial charge in [-0.25, -0.2) is 13.2 Å². The zero-order valence-corrected chi connectivity index (χ0v) is 11.3. The van der Waals surface area contributed by atoms with Gasteiger partial charge in [0.25, 0.3) is 0 Å². The van der Waals surface area contributed by atoms with Crippen molar-refractivity contribution in [1.29, 1.82) is 0 Å². The van der Waals surface area contributed by atoms with Gasteiger partial charge < -0.3 is 15.1 Å². The maximum absolute atomic E-state index is 12.4. The Morgan fingerprint density at radius 3 is 2.47 bits per heavy atom. The minimum Gasteiger partial charge on any atom is -0.480 e. The molecule has 106 valence electrons. The molecular formula is C11H15NO6S. The molecule has 2 rings (SSSR count). The van der Waals surface area contributed by atoms with Crippen molar-refractivity contribution < 1.29 is 28.2 Å². The Hall–Kier alpha value is -1.41. The normalized spacial score (nSPS) is 36.3. The lowest BCUT2D eigenvalue weighted by Gasteiger charge is -2.43. The number of hydrogen-bond acceptors (Lipinski definition) is 5. The molecule has 2 N–H and O–H groups in total. The summed E-state index contributed by atoms with van der Waals surface area (Å²) in [5.41, 5.74) is 0. The predicted molar refractivity (Wildman–Crippen MR) is 64.8 cm³/mol. The molecule has 0 saturated carbocycles. The number of aliphatic hydroxyl groups is 1. The molecule has 2 saturated heterocycles. The molecule has 19 heavy (non-hydrogen) atoms. The van der Waals surface area contributed by atoms with Crippen LogP contribution in [-0.2, 0) is 19.4 Å². The van der Waals surface area contributed by atoms with Crippen LogP contribution in [0.15, 0.2) is 12.7 Å². The van der Waals surface area contributed by atoms with E-state index in [1.165, 1.54) is 13.8 Å². The summed E-state index contributed by atoms with van der Waals surface area (Å²) < 4.78 is 23.1. The average molecular weight is 289 g/mol. The number of β-lactam (4-membered cyclic amide) rings is 1. The number of aliphatic carboxylic acids is 1. The van der Waals surface area contributed by atoms with Crippen LogP contribution in [0.5, 0.6) is 0 Å². The third-order valence-electron chi connectivity index (χ3n) is 3.95. The molecule has 2 aliphatic rings. The fourth-order valence-corrected chi connectivity index (χ4v) is 5.14. The van der Waals surface area contributed by atoms with Gasteiger partial charge in [0.1, 0.15) is 17.3 Å². The van der Waals surface area contributed by atoms with Crippen molar-refractivity contribution in [3.8, 4) is 0 Å². The van der Waals surface area contributed by atoms with E-state index in [-0.39, 0.29) is 0 Å². The van der Waals surface area contributed by atoms with Crippen LogP contribution in [0.1, 0.15) is 13.8 Å². The van der Waals surface area contributed by atoms with Crippen molar-refractivity contribution in [2.75, 3.05) is 0 Å². The van der Waals surface area contributed by atoms with Gasteiger partial charge in [-0.05, 0) is 13.8 Å². The standard InChI is InChI=1S/C11H15NO6S/c1-4-5(13)6-8(14)12-7(10(15)16)11(2,3)19(17,18)9(6)12/h4-7,9,13H,1H2,2-3H3,(H,15,16)/t5?,6-,7+,9-/m1/s1. The molecule has 0 aliphatic carbocycles. The van der Waals surface area contributed by atoms with Crippen LogP contribution in [0.4, 0.5) is 0 Å². The molecule has 8 heteroatoms. The molecule has 0 aromatic heterocycles. The van der Waals surface area contributed by atoms with Crippen molar-refractivity contribution in [1.82, 2.24) is 4.90 Å². The summed E-state index contributed by atoms with van der Waals surface area (Å²) in [6, 6.07) is -1.43. The van der Waals surface area contributed by atoms with Gasteiger partial charge in [-0.15, -0.1) is 6.58 Å². The summed E-state index contributed by atoms with van der Waals surface area (Å²) in [7, 11) is -3.88. The highest BCUT2D eigenvalue weighted by atomic mass is 32.2. The molecule has 2 aliphatic heterocycles. The van der Waals surface area contributed by atoms with Crippen LogP contribution >= 0.6 is 0 Å². The highest BCUT2D eigenvalue weighted by Crippen LogP contribution is 2.49. The van der Waals surface area contributed by atoms with Crippen LogP contribution in [0, 0.1) is 5.92 Å². The monoisotopic (exact) mass is 289 g/mol. The van der Waals surface area contributed by atoms with Gasteiger partial charge in [-0.3, -0.25) is 4.79 Å². The van der Waals surface area contributed by atoms with Crippen molar-refractivity contribution in [2.24, 2.45) is 5.92 Å². The Bertz CT molecular complexity index is 566. The molecule has 4 atom stereocenters. The van der Waals surface area contributed by atoms with Crippen molar-refractivity contribution in [2.45, 2.75) is 36.1 Å². The fourth-order valence-electron chi connectivity index (χ4n) is 2.81. The molecular weight excluding hydrogens is 274 g/mol. The summed E-state index contributed by atoms with van der Waals surface area (Å²) in [6.45, 7) is 5.88. The Kier molecular flexibility index (Phi) is 2.80. The predicted octanol–water partition coefficient (Wildman–Crippen LogP) is -1.02. The van der Waals surface area contributed by atoms with E-state index in [1.54, 1.807) is 0 Å². The molecule has 0 spiro atoms. The van der Waals surface area contributed by atoms with Crippen LogP contribution in [0.25, 0.3) is 0 Å². The van der Waals surface area contributed by atoms with E-state index in [4.69, 9.17) is 5.11 Å². The van der Waals surface area contributed by atoms with E-state index in [0.717, 1.165) is 11.0 Å². The first kappa shape index (κ1) is 14.0. The second kappa shape index (κ2) is 3.80. The number of carbonyl (C=O) groups excluding carboxylic acids is 1. The molecule has 2 fully saturated rings. The number of carboxylic acids is 1. The molecule has 1 unspecified atom stereocenters. The zero-order chi connectivity index (χ0) is 14.7. The molecule has 7 nitrogen and oxygen atoms in total. The van der Waals surface area contributed by atoms with Gasteiger partial charge in [0, 0.05) is 0 Å². The number of sulfone groups is 1. The van der Waals surface area contributed by atoms with Crippen LogP contribution < -0.4 is 0 Å². The van der Waals surface area contributed by atoms with E-state index >= 15 is 0 Å². The summed E-state index contributed by atoms with van der Waals surface area (Å²) in [5, 5.41) is 17.5. The van der Waals surface area contributed by atoms with Crippen molar-refractivity contribution in [3.63, 3.8) is 0 Å². The number of carbonyl (C=O) groups is 2. The first-order chi connectivity index (χ1) is 8.59. The topological polar surface area (TPSA) is 112 Å². The molecule has 2 heterocycles. The van der Waals surface area contributed by atoms with Gasteiger partial charge in [0.05, 0.1) is 10.9 Å². The van der Waals surface area contributed by atoms with Crippen molar-refractivity contribution in [3.05, 3.63) is 12.7 Å². The minimum atomic E-state index is -3.88.